The standard InChI is InChI=1S/C11H8FNO3/c1-16-8-4-7(6-13)9(10(12)5-8)2-3-11(14)15/h2-5H,1H3,(H,14,15)/b3-2+. The first-order valence-electron chi connectivity index (χ1n) is 4.27. The van der Waals surface area contributed by atoms with Crippen LogP contribution in [0.3, 0.4) is 0 Å². The van der Waals surface area contributed by atoms with Crippen molar-refractivity contribution in [2.45, 2.75) is 0 Å². The van der Waals surface area contributed by atoms with Crippen LogP contribution in [0.2, 0.25) is 0 Å². The van der Waals surface area contributed by atoms with Gasteiger partial charge in [0.1, 0.15) is 11.6 Å². The molecule has 0 radical (unpaired) electrons. The number of benzene rings is 1. The van der Waals surface area contributed by atoms with Gasteiger partial charge in [0.15, 0.2) is 0 Å². The molecule has 0 aliphatic rings. The number of halogens is 1. The van der Waals surface area contributed by atoms with Gasteiger partial charge in [0.05, 0.1) is 18.7 Å². The number of carbonyl (C=O) groups is 1. The number of ether oxygens (including phenoxy) is 1. The summed E-state index contributed by atoms with van der Waals surface area (Å²) in [7, 11) is 1.35. The smallest absolute Gasteiger partial charge is 0.328 e. The number of hydrogen-bond donors (Lipinski definition) is 1. The monoisotopic (exact) mass is 221 g/mol. The maximum atomic E-state index is 13.5. The minimum atomic E-state index is -1.21. The van der Waals surface area contributed by atoms with E-state index in [4.69, 9.17) is 15.1 Å². The summed E-state index contributed by atoms with van der Waals surface area (Å²) in [5.74, 6) is -1.70. The van der Waals surface area contributed by atoms with Gasteiger partial charge >= 0.3 is 5.97 Å². The fourth-order valence-corrected chi connectivity index (χ4v) is 1.13. The van der Waals surface area contributed by atoms with Crippen molar-refractivity contribution in [3.63, 3.8) is 0 Å². The van der Waals surface area contributed by atoms with Gasteiger partial charge in [0.25, 0.3) is 0 Å². The molecule has 82 valence electrons. The number of nitrogens with zero attached hydrogens (tertiary/aromatic N) is 1. The second kappa shape index (κ2) is 4.94. The van der Waals surface area contributed by atoms with Crippen LogP contribution < -0.4 is 4.74 Å². The third-order valence-corrected chi connectivity index (χ3v) is 1.85. The second-order valence-electron chi connectivity index (χ2n) is 2.85. The van der Waals surface area contributed by atoms with E-state index in [1.165, 1.54) is 13.2 Å². The van der Waals surface area contributed by atoms with Crippen molar-refractivity contribution in [2.24, 2.45) is 0 Å². The van der Waals surface area contributed by atoms with E-state index >= 15 is 0 Å². The molecule has 0 unspecified atom stereocenters. The maximum Gasteiger partial charge on any atom is 0.328 e. The average molecular weight is 221 g/mol. The Balaban J connectivity index is 3.28. The first-order chi connectivity index (χ1) is 7.58. The highest BCUT2D eigenvalue weighted by Crippen LogP contribution is 2.22. The number of nitriles is 1. The molecule has 1 N–H and O–H groups in total. The quantitative estimate of drug-likeness (QED) is 0.790. The Morgan fingerprint density at radius 3 is 2.81 bits per heavy atom. The highest BCUT2D eigenvalue weighted by Gasteiger charge is 2.09. The molecule has 0 atom stereocenters. The zero-order valence-electron chi connectivity index (χ0n) is 8.40. The van der Waals surface area contributed by atoms with E-state index in [1.807, 2.05) is 0 Å². The van der Waals surface area contributed by atoms with E-state index in [1.54, 1.807) is 6.07 Å². The van der Waals surface area contributed by atoms with Gasteiger partial charge in [0, 0.05) is 17.7 Å². The Kier molecular flexibility index (Phi) is 3.62. The Morgan fingerprint density at radius 2 is 2.31 bits per heavy atom. The molecule has 0 aromatic heterocycles. The van der Waals surface area contributed by atoms with Crippen molar-refractivity contribution >= 4 is 12.0 Å². The van der Waals surface area contributed by atoms with Crippen molar-refractivity contribution in [3.05, 3.63) is 35.2 Å². The van der Waals surface area contributed by atoms with Crippen molar-refractivity contribution < 1.29 is 19.0 Å². The van der Waals surface area contributed by atoms with E-state index in [0.29, 0.717) is 0 Å². The van der Waals surface area contributed by atoms with Crippen molar-refractivity contribution in [1.29, 1.82) is 5.26 Å². The molecule has 0 spiro atoms. The fraction of sp³-hybridized carbons (Fsp3) is 0.0909. The molecule has 1 aromatic rings. The number of rotatable bonds is 3. The van der Waals surface area contributed by atoms with Crippen LogP contribution in [0.5, 0.6) is 5.75 Å². The lowest BCUT2D eigenvalue weighted by molar-refractivity contribution is -0.131. The first-order valence-corrected chi connectivity index (χ1v) is 4.27. The molecule has 16 heavy (non-hydrogen) atoms. The Bertz CT molecular complexity index is 489. The summed E-state index contributed by atoms with van der Waals surface area (Å²) in [6.45, 7) is 0. The summed E-state index contributed by atoms with van der Waals surface area (Å²) in [5, 5.41) is 17.2. The molecule has 0 aliphatic carbocycles. The first kappa shape index (κ1) is 11.7. The van der Waals surface area contributed by atoms with Crippen LogP contribution in [0.1, 0.15) is 11.1 Å². The highest BCUT2D eigenvalue weighted by molar-refractivity contribution is 5.86. The van der Waals surface area contributed by atoms with Crippen LogP contribution >= 0.6 is 0 Å². The average Bonchev–Trinajstić information content (AvgIpc) is 2.26. The predicted octanol–water partition coefficient (Wildman–Crippen LogP) is 1.80. The van der Waals surface area contributed by atoms with Crippen LogP contribution in [-0.2, 0) is 4.79 Å². The van der Waals surface area contributed by atoms with Crippen LogP contribution in [0, 0.1) is 17.1 Å². The predicted molar refractivity (Wildman–Crippen MR) is 54.3 cm³/mol. The summed E-state index contributed by atoms with van der Waals surface area (Å²) in [4.78, 5) is 10.3. The van der Waals surface area contributed by atoms with E-state index in [9.17, 15) is 9.18 Å². The summed E-state index contributed by atoms with van der Waals surface area (Å²) in [6.07, 6.45) is 1.81. The number of methoxy groups -OCH3 is 1. The molecule has 1 rings (SSSR count). The molecule has 0 bridgehead atoms. The van der Waals surface area contributed by atoms with Gasteiger partial charge in [-0.05, 0) is 12.1 Å². The molecular formula is C11H8FNO3. The number of hydrogen-bond acceptors (Lipinski definition) is 3. The summed E-state index contributed by atoms with van der Waals surface area (Å²) >= 11 is 0. The third-order valence-electron chi connectivity index (χ3n) is 1.85. The van der Waals surface area contributed by atoms with Crippen LogP contribution in [-0.4, -0.2) is 18.2 Å². The largest absolute Gasteiger partial charge is 0.497 e. The van der Waals surface area contributed by atoms with Gasteiger partial charge in [-0.1, -0.05) is 0 Å². The van der Waals surface area contributed by atoms with Crippen LogP contribution in [0.15, 0.2) is 18.2 Å². The van der Waals surface area contributed by atoms with E-state index < -0.39 is 11.8 Å². The molecular weight excluding hydrogens is 213 g/mol. The van der Waals surface area contributed by atoms with Gasteiger partial charge < -0.3 is 9.84 Å². The molecule has 0 heterocycles. The fourth-order valence-electron chi connectivity index (χ4n) is 1.13. The van der Waals surface area contributed by atoms with E-state index in [0.717, 1.165) is 18.2 Å². The summed E-state index contributed by atoms with van der Waals surface area (Å²) < 4.78 is 18.2. The molecule has 0 fully saturated rings. The Hall–Kier alpha value is -2.35. The SMILES string of the molecule is COc1cc(F)c(/C=C/C(=O)O)c(C#N)c1. The van der Waals surface area contributed by atoms with E-state index in [2.05, 4.69) is 0 Å². The van der Waals surface area contributed by atoms with E-state index in [-0.39, 0.29) is 16.9 Å². The highest BCUT2D eigenvalue weighted by atomic mass is 19.1. The molecule has 1 aromatic carbocycles. The lowest BCUT2D eigenvalue weighted by atomic mass is 10.1. The minimum absolute atomic E-state index is 0.0225. The molecule has 0 aliphatic heterocycles. The Labute approximate surface area is 91.2 Å². The third kappa shape index (κ3) is 2.58. The Morgan fingerprint density at radius 1 is 1.62 bits per heavy atom. The maximum absolute atomic E-state index is 13.5. The minimum Gasteiger partial charge on any atom is -0.497 e. The van der Waals surface area contributed by atoms with Crippen molar-refractivity contribution in [1.82, 2.24) is 0 Å². The van der Waals surface area contributed by atoms with Gasteiger partial charge in [-0.15, -0.1) is 0 Å². The topological polar surface area (TPSA) is 70.3 Å². The summed E-state index contributed by atoms with van der Waals surface area (Å²) in [5.41, 5.74) is -0.0416. The van der Waals surface area contributed by atoms with Crippen LogP contribution in [0.4, 0.5) is 4.39 Å². The normalized spacial score (nSPS) is 10.1. The molecule has 4 nitrogen and oxygen atoms in total. The van der Waals surface area contributed by atoms with Gasteiger partial charge in [-0.2, -0.15) is 5.26 Å². The zero-order chi connectivity index (χ0) is 12.1. The van der Waals surface area contributed by atoms with Crippen molar-refractivity contribution in [2.75, 3.05) is 7.11 Å². The lowest BCUT2D eigenvalue weighted by Crippen LogP contribution is -1.93. The zero-order valence-corrected chi connectivity index (χ0v) is 8.40. The number of carboxylic acids is 1. The van der Waals surface area contributed by atoms with Gasteiger partial charge in [0.2, 0.25) is 0 Å². The summed E-state index contributed by atoms with van der Waals surface area (Å²) in [6, 6.07) is 4.19. The second-order valence-corrected chi connectivity index (χ2v) is 2.85. The number of carboxylic acid groups (broad SMARTS) is 1. The number of aliphatic carboxylic acids is 1. The van der Waals surface area contributed by atoms with Crippen LogP contribution in [0.25, 0.3) is 6.08 Å². The molecule has 0 saturated carbocycles. The lowest BCUT2D eigenvalue weighted by Gasteiger charge is -2.04. The van der Waals surface area contributed by atoms with Gasteiger partial charge in [-0.3, -0.25) is 0 Å². The molecule has 0 amide bonds. The molecule has 5 heteroatoms. The molecule has 0 saturated heterocycles. The van der Waals surface area contributed by atoms with Gasteiger partial charge in [-0.25, -0.2) is 9.18 Å². The van der Waals surface area contributed by atoms with Crippen molar-refractivity contribution in [3.8, 4) is 11.8 Å².